The molecular formula is C17H11N5O3. The van der Waals surface area contributed by atoms with Crippen LogP contribution in [0.25, 0.3) is 16.9 Å². The highest BCUT2D eigenvalue weighted by molar-refractivity contribution is 6.04. The quantitative estimate of drug-likeness (QED) is 0.615. The van der Waals surface area contributed by atoms with E-state index in [1.807, 2.05) is 24.3 Å². The summed E-state index contributed by atoms with van der Waals surface area (Å²) in [5.74, 6) is -0.372. The molecule has 0 unspecified atom stereocenters. The third-order valence-electron chi connectivity index (χ3n) is 3.54. The van der Waals surface area contributed by atoms with Crippen LogP contribution in [0.5, 0.6) is 0 Å². The van der Waals surface area contributed by atoms with Crippen LogP contribution in [0.2, 0.25) is 0 Å². The number of fused-ring (bicyclic) bond motifs is 1. The smallest absolute Gasteiger partial charge is 0.335 e. The molecular weight excluding hydrogens is 322 g/mol. The van der Waals surface area contributed by atoms with E-state index in [0.717, 1.165) is 11.8 Å². The minimum Gasteiger partial charge on any atom is -0.430 e. The van der Waals surface area contributed by atoms with E-state index in [9.17, 15) is 9.59 Å². The lowest BCUT2D eigenvalue weighted by molar-refractivity contribution is 0.102. The molecule has 3 aromatic heterocycles. The summed E-state index contributed by atoms with van der Waals surface area (Å²) in [5.41, 5.74) is 2.54. The van der Waals surface area contributed by atoms with Crippen molar-refractivity contribution < 1.29 is 9.21 Å². The first-order valence-corrected chi connectivity index (χ1v) is 7.37. The topological polar surface area (TPSA) is 102 Å². The van der Waals surface area contributed by atoms with Crippen LogP contribution in [0, 0.1) is 0 Å². The van der Waals surface area contributed by atoms with Crippen molar-refractivity contribution in [3.63, 3.8) is 0 Å². The molecule has 0 saturated heterocycles. The van der Waals surface area contributed by atoms with Crippen molar-refractivity contribution in [3.05, 3.63) is 77.1 Å². The van der Waals surface area contributed by atoms with Gasteiger partial charge in [-0.05, 0) is 30.3 Å². The van der Waals surface area contributed by atoms with Crippen molar-refractivity contribution in [1.82, 2.24) is 19.8 Å². The van der Waals surface area contributed by atoms with E-state index in [1.165, 1.54) is 18.5 Å². The van der Waals surface area contributed by atoms with Crippen LogP contribution in [0.3, 0.4) is 0 Å². The number of carbonyl (C=O) groups is 1. The molecule has 0 bridgehead atoms. The third kappa shape index (κ3) is 3.00. The molecule has 4 rings (SSSR count). The average Bonchev–Trinajstić information content (AvgIpc) is 3.10. The Kier molecular flexibility index (Phi) is 3.55. The lowest BCUT2D eigenvalue weighted by atomic mass is 10.1. The zero-order valence-electron chi connectivity index (χ0n) is 12.8. The number of anilines is 1. The molecule has 8 heteroatoms. The zero-order valence-corrected chi connectivity index (χ0v) is 12.8. The fourth-order valence-electron chi connectivity index (χ4n) is 2.33. The molecule has 122 valence electrons. The van der Waals surface area contributed by atoms with Gasteiger partial charge in [0.2, 0.25) is 0 Å². The summed E-state index contributed by atoms with van der Waals surface area (Å²) in [6.45, 7) is 0. The van der Waals surface area contributed by atoms with Crippen molar-refractivity contribution in [3.8, 4) is 11.3 Å². The number of amides is 1. The van der Waals surface area contributed by atoms with Gasteiger partial charge in [-0.25, -0.2) is 4.79 Å². The van der Waals surface area contributed by atoms with E-state index in [-0.39, 0.29) is 11.5 Å². The Labute approximate surface area is 140 Å². The predicted octanol–water partition coefficient (Wildman–Crippen LogP) is 2.00. The van der Waals surface area contributed by atoms with Crippen LogP contribution in [0.1, 0.15) is 10.4 Å². The normalized spacial score (nSPS) is 10.7. The number of benzene rings is 1. The van der Waals surface area contributed by atoms with E-state index in [0.29, 0.717) is 17.0 Å². The maximum atomic E-state index is 12.2. The molecule has 8 nitrogen and oxygen atoms in total. The number of hydrogen-bond acceptors (Lipinski definition) is 6. The molecule has 0 atom stereocenters. The third-order valence-corrected chi connectivity index (χ3v) is 3.54. The van der Waals surface area contributed by atoms with Gasteiger partial charge in [0.15, 0.2) is 5.65 Å². The summed E-state index contributed by atoms with van der Waals surface area (Å²) in [5, 5.41) is 14.9. The van der Waals surface area contributed by atoms with Gasteiger partial charge in [0.05, 0.1) is 11.3 Å². The Balaban J connectivity index is 1.61. The molecule has 1 aromatic carbocycles. The monoisotopic (exact) mass is 333 g/mol. The van der Waals surface area contributed by atoms with Gasteiger partial charge in [0, 0.05) is 17.3 Å². The Morgan fingerprint density at radius 3 is 2.88 bits per heavy atom. The second-order valence-corrected chi connectivity index (χ2v) is 5.23. The summed E-state index contributed by atoms with van der Waals surface area (Å²) in [7, 11) is 0. The van der Waals surface area contributed by atoms with Gasteiger partial charge in [-0.2, -0.15) is 9.61 Å². The second-order valence-electron chi connectivity index (χ2n) is 5.23. The molecule has 0 saturated carbocycles. The fourth-order valence-corrected chi connectivity index (χ4v) is 2.33. The Morgan fingerprint density at radius 1 is 1.12 bits per heavy atom. The second kappa shape index (κ2) is 6.00. The van der Waals surface area contributed by atoms with Crippen LogP contribution in [0.4, 0.5) is 5.69 Å². The number of carbonyl (C=O) groups excluding carboxylic acids is 1. The number of nitrogens with zero attached hydrogens (tertiary/aromatic N) is 4. The average molecular weight is 333 g/mol. The fraction of sp³-hybridized carbons (Fsp3) is 0. The van der Waals surface area contributed by atoms with Gasteiger partial charge in [-0.1, -0.05) is 12.1 Å². The lowest BCUT2D eigenvalue weighted by Gasteiger charge is -2.07. The summed E-state index contributed by atoms with van der Waals surface area (Å²) in [6, 6.07) is 13.5. The highest BCUT2D eigenvalue weighted by atomic mass is 16.4. The minimum atomic E-state index is -0.506. The SMILES string of the molecule is O=C(Nc1cccc(-c2ccc3nncn3n2)c1)c1ccc(=O)oc1. The molecule has 0 fully saturated rings. The number of hydrogen-bond donors (Lipinski definition) is 1. The number of rotatable bonds is 3. The number of nitrogens with one attached hydrogen (secondary N) is 1. The van der Waals surface area contributed by atoms with Gasteiger partial charge in [0.1, 0.15) is 12.6 Å². The summed E-state index contributed by atoms with van der Waals surface area (Å²) < 4.78 is 6.28. The Bertz CT molecular complexity index is 1110. The first kappa shape index (κ1) is 14.8. The molecule has 0 radical (unpaired) electrons. The van der Waals surface area contributed by atoms with Crippen molar-refractivity contribution in [2.45, 2.75) is 0 Å². The Hall–Kier alpha value is -3.81. The zero-order chi connectivity index (χ0) is 17.2. The molecule has 4 aromatic rings. The van der Waals surface area contributed by atoms with Crippen LogP contribution in [-0.4, -0.2) is 25.7 Å². The molecule has 0 aliphatic rings. The van der Waals surface area contributed by atoms with Crippen molar-refractivity contribution in [2.75, 3.05) is 5.32 Å². The van der Waals surface area contributed by atoms with Gasteiger partial charge in [-0.15, -0.1) is 10.2 Å². The molecule has 0 spiro atoms. The van der Waals surface area contributed by atoms with E-state index in [2.05, 4.69) is 20.6 Å². The first-order chi connectivity index (χ1) is 12.2. The summed E-state index contributed by atoms with van der Waals surface area (Å²) in [4.78, 5) is 23.2. The molecule has 25 heavy (non-hydrogen) atoms. The highest BCUT2D eigenvalue weighted by Gasteiger charge is 2.09. The van der Waals surface area contributed by atoms with Crippen LogP contribution >= 0.6 is 0 Å². The maximum absolute atomic E-state index is 12.2. The minimum absolute atomic E-state index is 0.258. The van der Waals surface area contributed by atoms with Gasteiger partial charge in [-0.3, -0.25) is 4.79 Å². The molecule has 0 aliphatic heterocycles. The van der Waals surface area contributed by atoms with Crippen LogP contribution in [-0.2, 0) is 0 Å². The van der Waals surface area contributed by atoms with Crippen molar-refractivity contribution in [2.24, 2.45) is 0 Å². The first-order valence-electron chi connectivity index (χ1n) is 7.37. The summed E-state index contributed by atoms with van der Waals surface area (Å²) in [6.07, 6.45) is 2.65. The predicted molar refractivity (Wildman–Crippen MR) is 89.1 cm³/mol. The van der Waals surface area contributed by atoms with Gasteiger partial charge in [0.25, 0.3) is 5.91 Å². The molecule has 1 N–H and O–H groups in total. The van der Waals surface area contributed by atoms with Crippen LogP contribution in [0.15, 0.2) is 70.3 Å². The Morgan fingerprint density at radius 2 is 2.04 bits per heavy atom. The maximum Gasteiger partial charge on any atom is 0.335 e. The highest BCUT2D eigenvalue weighted by Crippen LogP contribution is 2.21. The molecule has 1 amide bonds. The van der Waals surface area contributed by atoms with Crippen molar-refractivity contribution >= 4 is 17.2 Å². The largest absolute Gasteiger partial charge is 0.430 e. The molecule has 0 aliphatic carbocycles. The van der Waals surface area contributed by atoms with Crippen molar-refractivity contribution in [1.29, 1.82) is 0 Å². The van der Waals surface area contributed by atoms with E-state index in [1.54, 1.807) is 16.6 Å². The number of aromatic nitrogens is 4. The van der Waals surface area contributed by atoms with E-state index in [4.69, 9.17) is 4.42 Å². The van der Waals surface area contributed by atoms with Crippen LogP contribution < -0.4 is 10.9 Å². The molecule has 3 heterocycles. The van der Waals surface area contributed by atoms with Gasteiger partial charge >= 0.3 is 5.63 Å². The summed E-state index contributed by atoms with van der Waals surface area (Å²) >= 11 is 0. The van der Waals surface area contributed by atoms with E-state index < -0.39 is 5.63 Å². The van der Waals surface area contributed by atoms with Gasteiger partial charge < -0.3 is 9.73 Å². The standard InChI is InChI=1S/C17H11N5O3/c23-16-7-4-12(9-25-16)17(24)19-13-3-1-2-11(8-13)14-5-6-15-20-18-10-22(15)21-14/h1-10H,(H,19,24). The van der Waals surface area contributed by atoms with E-state index >= 15 is 0 Å². The lowest BCUT2D eigenvalue weighted by Crippen LogP contribution is -2.13.